The number of anilines is 1. The highest BCUT2D eigenvalue weighted by Gasteiger charge is 2.08. The number of ether oxygens (including phenoxy) is 1. The van der Waals surface area contributed by atoms with E-state index in [1.54, 1.807) is 24.3 Å². The number of hydrazine groups is 1. The van der Waals surface area contributed by atoms with Crippen molar-refractivity contribution in [3.63, 3.8) is 0 Å². The molecule has 3 amide bonds. The summed E-state index contributed by atoms with van der Waals surface area (Å²) in [5.41, 5.74) is 5.20. The molecule has 0 radical (unpaired) electrons. The van der Waals surface area contributed by atoms with E-state index in [-0.39, 0.29) is 11.8 Å². The molecule has 1 aromatic carbocycles. The summed E-state index contributed by atoms with van der Waals surface area (Å²) in [4.78, 5) is 34.1. The first-order valence-electron chi connectivity index (χ1n) is 6.46. The van der Waals surface area contributed by atoms with Gasteiger partial charge in [-0.25, -0.2) is 10.2 Å². The van der Waals surface area contributed by atoms with Crippen LogP contribution in [0.1, 0.15) is 30.6 Å². The van der Waals surface area contributed by atoms with E-state index >= 15 is 0 Å². The second kappa shape index (κ2) is 7.88. The lowest BCUT2D eigenvalue weighted by atomic mass is 10.1. The lowest BCUT2D eigenvalue weighted by molar-refractivity contribution is -0.116. The zero-order valence-electron chi connectivity index (χ0n) is 12.2. The van der Waals surface area contributed by atoms with Gasteiger partial charge in [-0.2, -0.15) is 0 Å². The Labute approximate surface area is 123 Å². The molecule has 114 valence electrons. The number of carbonyl (C=O) groups is 3. The molecular weight excluding hydrogens is 274 g/mol. The summed E-state index contributed by atoms with van der Waals surface area (Å²) in [6.07, 6.45) is -0.327. The van der Waals surface area contributed by atoms with Crippen molar-refractivity contribution in [1.82, 2.24) is 10.9 Å². The molecule has 3 N–H and O–H groups in total. The van der Waals surface area contributed by atoms with Crippen LogP contribution >= 0.6 is 0 Å². The molecular formula is C14H19N3O4. The number of hydrogen-bond donors (Lipinski definition) is 3. The molecule has 1 aromatic rings. The van der Waals surface area contributed by atoms with Crippen molar-refractivity contribution in [3.05, 3.63) is 29.8 Å². The van der Waals surface area contributed by atoms with Crippen LogP contribution in [0, 0.1) is 5.92 Å². The zero-order chi connectivity index (χ0) is 15.8. The van der Waals surface area contributed by atoms with Crippen LogP contribution in [0.4, 0.5) is 10.5 Å². The average Bonchev–Trinajstić information content (AvgIpc) is 2.44. The van der Waals surface area contributed by atoms with E-state index < -0.39 is 12.0 Å². The average molecular weight is 293 g/mol. The molecule has 0 saturated carbocycles. The largest absolute Gasteiger partial charge is 0.452 e. The van der Waals surface area contributed by atoms with Gasteiger partial charge in [0.25, 0.3) is 5.91 Å². The normalized spacial score (nSPS) is 9.90. The maximum Gasteiger partial charge on any atom is 0.425 e. The van der Waals surface area contributed by atoms with E-state index in [0.29, 0.717) is 17.7 Å². The van der Waals surface area contributed by atoms with E-state index in [1.165, 1.54) is 7.11 Å². The molecule has 0 aromatic heterocycles. The highest BCUT2D eigenvalue weighted by Crippen LogP contribution is 2.11. The standard InChI is InChI=1S/C14H19N3O4/c1-9(2)8-12(18)15-11-6-4-10(5-7-11)13(19)16-17-14(20)21-3/h4-7,9H,8H2,1-3H3,(H,15,18)(H,16,19)(H,17,20). The predicted molar refractivity (Wildman–Crippen MR) is 77.5 cm³/mol. The molecule has 0 spiro atoms. The number of benzene rings is 1. The highest BCUT2D eigenvalue weighted by molar-refractivity contribution is 5.96. The molecule has 1 rings (SSSR count). The minimum Gasteiger partial charge on any atom is -0.452 e. The third-order valence-electron chi connectivity index (χ3n) is 2.49. The van der Waals surface area contributed by atoms with Crippen LogP contribution in [-0.4, -0.2) is 25.0 Å². The molecule has 0 aliphatic carbocycles. The minimum atomic E-state index is -0.763. The molecule has 7 heteroatoms. The number of carbonyl (C=O) groups excluding carboxylic acids is 3. The SMILES string of the molecule is COC(=O)NNC(=O)c1ccc(NC(=O)CC(C)C)cc1. The van der Waals surface area contributed by atoms with Crippen LogP contribution in [0.15, 0.2) is 24.3 Å². The van der Waals surface area contributed by atoms with Gasteiger partial charge in [0.1, 0.15) is 0 Å². The van der Waals surface area contributed by atoms with E-state index in [4.69, 9.17) is 0 Å². The number of rotatable bonds is 4. The van der Waals surface area contributed by atoms with Gasteiger partial charge in [-0.15, -0.1) is 0 Å². The van der Waals surface area contributed by atoms with Gasteiger partial charge in [0.15, 0.2) is 0 Å². The Hall–Kier alpha value is -2.57. The Bertz CT molecular complexity index is 511. The molecule has 0 heterocycles. The second-order valence-corrected chi connectivity index (χ2v) is 4.79. The van der Waals surface area contributed by atoms with Gasteiger partial charge < -0.3 is 10.1 Å². The monoisotopic (exact) mass is 293 g/mol. The van der Waals surface area contributed by atoms with E-state index in [2.05, 4.69) is 20.9 Å². The van der Waals surface area contributed by atoms with Crippen molar-refractivity contribution < 1.29 is 19.1 Å². The highest BCUT2D eigenvalue weighted by atomic mass is 16.5. The topological polar surface area (TPSA) is 96.5 Å². The first kappa shape index (κ1) is 16.5. The summed E-state index contributed by atoms with van der Waals surface area (Å²) in [7, 11) is 1.19. The number of nitrogens with one attached hydrogen (secondary N) is 3. The van der Waals surface area contributed by atoms with Gasteiger partial charge in [-0.1, -0.05) is 13.8 Å². The summed E-state index contributed by atoms with van der Waals surface area (Å²) in [6, 6.07) is 6.31. The van der Waals surface area contributed by atoms with Crippen molar-refractivity contribution in [3.8, 4) is 0 Å². The number of amides is 3. The van der Waals surface area contributed by atoms with Gasteiger partial charge in [-0.05, 0) is 30.2 Å². The summed E-state index contributed by atoms with van der Waals surface area (Å²) >= 11 is 0. The van der Waals surface area contributed by atoms with Crippen molar-refractivity contribution >= 4 is 23.6 Å². The first-order chi connectivity index (χ1) is 9.92. The van der Waals surface area contributed by atoms with Crippen molar-refractivity contribution in [2.75, 3.05) is 12.4 Å². The van der Waals surface area contributed by atoms with Gasteiger partial charge in [0.05, 0.1) is 7.11 Å². The van der Waals surface area contributed by atoms with E-state index in [9.17, 15) is 14.4 Å². The molecule has 0 unspecified atom stereocenters. The van der Waals surface area contributed by atoms with Crippen molar-refractivity contribution in [2.24, 2.45) is 5.92 Å². The summed E-state index contributed by atoms with van der Waals surface area (Å²) < 4.78 is 4.32. The fourth-order valence-electron chi connectivity index (χ4n) is 1.52. The Balaban J connectivity index is 2.55. The van der Waals surface area contributed by atoms with Crippen LogP contribution in [0.5, 0.6) is 0 Å². The summed E-state index contributed by atoms with van der Waals surface area (Å²) in [5, 5.41) is 2.74. The Morgan fingerprint density at radius 2 is 1.71 bits per heavy atom. The zero-order valence-corrected chi connectivity index (χ0v) is 12.2. The Morgan fingerprint density at radius 3 is 2.24 bits per heavy atom. The van der Waals surface area contributed by atoms with Crippen LogP contribution < -0.4 is 16.2 Å². The second-order valence-electron chi connectivity index (χ2n) is 4.79. The fourth-order valence-corrected chi connectivity index (χ4v) is 1.52. The summed E-state index contributed by atoms with van der Waals surface area (Å²) in [5.74, 6) is -0.283. The summed E-state index contributed by atoms with van der Waals surface area (Å²) in [6.45, 7) is 3.92. The smallest absolute Gasteiger partial charge is 0.425 e. The van der Waals surface area contributed by atoms with Crippen LogP contribution in [0.25, 0.3) is 0 Å². The molecule has 0 fully saturated rings. The number of methoxy groups -OCH3 is 1. The van der Waals surface area contributed by atoms with Crippen molar-refractivity contribution in [2.45, 2.75) is 20.3 Å². The third-order valence-corrected chi connectivity index (χ3v) is 2.49. The van der Waals surface area contributed by atoms with E-state index in [0.717, 1.165) is 0 Å². The molecule has 0 saturated heterocycles. The van der Waals surface area contributed by atoms with Crippen LogP contribution in [-0.2, 0) is 9.53 Å². The first-order valence-corrected chi connectivity index (χ1v) is 6.46. The van der Waals surface area contributed by atoms with Gasteiger partial charge in [-0.3, -0.25) is 15.0 Å². The molecule has 0 bridgehead atoms. The lowest BCUT2D eigenvalue weighted by Gasteiger charge is -2.09. The van der Waals surface area contributed by atoms with Crippen LogP contribution in [0.2, 0.25) is 0 Å². The maximum atomic E-state index is 11.7. The molecule has 0 aliphatic heterocycles. The Kier molecular flexibility index (Phi) is 6.19. The molecule has 21 heavy (non-hydrogen) atoms. The van der Waals surface area contributed by atoms with Gasteiger partial charge in [0.2, 0.25) is 5.91 Å². The molecule has 0 atom stereocenters. The van der Waals surface area contributed by atoms with Gasteiger partial charge in [0, 0.05) is 17.7 Å². The van der Waals surface area contributed by atoms with E-state index in [1.807, 2.05) is 13.8 Å². The lowest BCUT2D eigenvalue weighted by Crippen LogP contribution is -2.41. The number of hydrogen-bond acceptors (Lipinski definition) is 4. The fraction of sp³-hybridized carbons (Fsp3) is 0.357. The molecule has 7 nitrogen and oxygen atoms in total. The third kappa shape index (κ3) is 5.94. The predicted octanol–water partition coefficient (Wildman–Crippen LogP) is 1.67. The quantitative estimate of drug-likeness (QED) is 0.736. The van der Waals surface area contributed by atoms with Crippen molar-refractivity contribution in [1.29, 1.82) is 0 Å². The Morgan fingerprint density at radius 1 is 1.10 bits per heavy atom. The maximum absolute atomic E-state index is 11.7. The van der Waals surface area contributed by atoms with Gasteiger partial charge >= 0.3 is 6.09 Å². The van der Waals surface area contributed by atoms with Crippen LogP contribution in [0.3, 0.4) is 0 Å². The molecule has 0 aliphatic rings. The minimum absolute atomic E-state index is 0.0745.